The summed E-state index contributed by atoms with van der Waals surface area (Å²) in [4.78, 5) is 12.5. The monoisotopic (exact) mass is 416 g/mol. The lowest BCUT2D eigenvalue weighted by atomic mass is 9.46. The molecule has 1 saturated heterocycles. The van der Waals surface area contributed by atoms with E-state index < -0.39 is 0 Å². The number of Topliss-reactive ketones (excluding diaryl/α,β-unsaturated/α-hetero) is 1. The second kappa shape index (κ2) is 7.71. The minimum Gasteiger partial charge on any atom is -0.393 e. The summed E-state index contributed by atoms with van der Waals surface area (Å²) in [6.45, 7) is 7.45. The largest absolute Gasteiger partial charge is 0.393 e. The van der Waals surface area contributed by atoms with Crippen molar-refractivity contribution in [3.05, 3.63) is 11.6 Å². The Morgan fingerprint density at radius 1 is 1.10 bits per heavy atom. The molecule has 0 aromatic heterocycles. The Morgan fingerprint density at radius 3 is 2.67 bits per heavy atom. The molecule has 4 aliphatic carbocycles. The van der Waals surface area contributed by atoms with Crippen LogP contribution in [0.25, 0.3) is 0 Å². The summed E-state index contributed by atoms with van der Waals surface area (Å²) in [5.74, 6) is 2.18. The highest BCUT2D eigenvalue weighted by Gasteiger charge is 2.61. The molecule has 1 heterocycles. The Bertz CT molecular complexity index is 710. The predicted octanol–water partition coefficient (Wildman–Crippen LogP) is 5.04. The molecule has 4 fully saturated rings. The van der Waals surface area contributed by atoms with Gasteiger partial charge >= 0.3 is 0 Å². The maximum atomic E-state index is 12.5. The van der Waals surface area contributed by atoms with E-state index in [1.54, 1.807) is 6.92 Å². The van der Waals surface area contributed by atoms with Crippen molar-refractivity contribution >= 4 is 5.78 Å². The van der Waals surface area contributed by atoms with Crippen molar-refractivity contribution < 1.29 is 19.4 Å². The average molecular weight is 417 g/mol. The Hall–Kier alpha value is -0.710. The number of hydrogen-bond acceptors (Lipinski definition) is 4. The fourth-order valence-corrected chi connectivity index (χ4v) is 8.40. The molecule has 1 unspecified atom stereocenters. The van der Waals surface area contributed by atoms with Gasteiger partial charge in [0.2, 0.25) is 0 Å². The van der Waals surface area contributed by atoms with E-state index in [0.717, 1.165) is 58.0 Å². The summed E-state index contributed by atoms with van der Waals surface area (Å²) < 4.78 is 12.7. The van der Waals surface area contributed by atoms with Crippen LogP contribution in [-0.4, -0.2) is 36.0 Å². The molecule has 1 aliphatic heterocycles. The maximum Gasteiger partial charge on any atom is 0.158 e. The molecule has 0 bridgehead atoms. The second-order valence-corrected chi connectivity index (χ2v) is 11.5. The normalized spacial score (nSPS) is 50.8. The van der Waals surface area contributed by atoms with E-state index in [2.05, 4.69) is 19.9 Å². The van der Waals surface area contributed by atoms with Gasteiger partial charge in [-0.25, -0.2) is 0 Å². The molecule has 5 aliphatic rings. The number of aliphatic hydroxyl groups is 1. The minimum atomic E-state index is -0.213. The number of carbonyl (C=O) groups excluding carboxylic acids is 1. The summed E-state index contributed by atoms with van der Waals surface area (Å²) >= 11 is 0. The van der Waals surface area contributed by atoms with Crippen molar-refractivity contribution in [2.45, 2.75) is 103 Å². The zero-order chi connectivity index (χ0) is 21.1. The Balaban J connectivity index is 1.51. The van der Waals surface area contributed by atoms with Gasteiger partial charge in [0.05, 0.1) is 12.2 Å². The molecular weight excluding hydrogens is 376 g/mol. The van der Waals surface area contributed by atoms with Crippen LogP contribution in [0.3, 0.4) is 0 Å². The molecule has 4 heteroatoms. The molecule has 9 atom stereocenters. The zero-order valence-electron chi connectivity index (χ0n) is 19.1. The van der Waals surface area contributed by atoms with Crippen molar-refractivity contribution in [3.8, 4) is 0 Å². The predicted molar refractivity (Wildman–Crippen MR) is 116 cm³/mol. The molecule has 0 radical (unpaired) electrons. The Labute approximate surface area is 181 Å². The van der Waals surface area contributed by atoms with E-state index in [-0.39, 0.29) is 35.2 Å². The Kier molecular flexibility index (Phi) is 5.43. The van der Waals surface area contributed by atoms with Crippen molar-refractivity contribution in [2.24, 2.45) is 34.5 Å². The van der Waals surface area contributed by atoms with Crippen molar-refractivity contribution in [1.82, 2.24) is 0 Å². The number of carbonyl (C=O) groups is 1. The summed E-state index contributed by atoms with van der Waals surface area (Å²) in [6, 6.07) is 0. The van der Waals surface area contributed by atoms with Crippen LogP contribution in [0.5, 0.6) is 0 Å². The minimum absolute atomic E-state index is 0.0572. The van der Waals surface area contributed by atoms with Gasteiger partial charge in [0.1, 0.15) is 5.78 Å². The number of rotatable bonds is 3. The molecule has 0 amide bonds. The first-order valence-electron chi connectivity index (χ1n) is 12.5. The third-order valence-electron chi connectivity index (χ3n) is 10.0. The molecule has 5 rings (SSSR count). The SMILES string of the molecule is CC(=O)[C@H]1CC[C@H]2[C@@H]3[C@H](OC4CCCCO4)C=C4C[C@@H](O)CC[C@]4(C)[C@H]3CC[C@]12C. The number of hydrogen-bond donors (Lipinski definition) is 1. The molecule has 3 saturated carbocycles. The van der Waals surface area contributed by atoms with E-state index in [0.29, 0.717) is 23.5 Å². The van der Waals surface area contributed by atoms with E-state index in [1.807, 2.05) is 0 Å². The topological polar surface area (TPSA) is 55.8 Å². The van der Waals surface area contributed by atoms with Crippen LogP contribution in [0.4, 0.5) is 0 Å². The number of aliphatic hydroxyl groups excluding tert-OH is 1. The van der Waals surface area contributed by atoms with Gasteiger partial charge in [-0.1, -0.05) is 25.5 Å². The van der Waals surface area contributed by atoms with Crippen LogP contribution in [0.2, 0.25) is 0 Å². The first kappa shape index (κ1) is 21.2. The van der Waals surface area contributed by atoms with Crippen molar-refractivity contribution in [1.29, 1.82) is 0 Å². The van der Waals surface area contributed by atoms with Gasteiger partial charge in [-0.3, -0.25) is 4.79 Å². The molecule has 1 N–H and O–H groups in total. The van der Waals surface area contributed by atoms with Crippen LogP contribution in [-0.2, 0) is 14.3 Å². The van der Waals surface area contributed by atoms with E-state index >= 15 is 0 Å². The molecule has 0 spiro atoms. The lowest BCUT2D eigenvalue weighted by Gasteiger charge is -2.59. The van der Waals surface area contributed by atoms with Gasteiger partial charge in [-0.05, 0) is 99.7 Å². The van der Waals surface area contributed by atoms with Crippen LogP contribution in [0.15, 0.2) is 11.6 Å². The van der Waals surface area contributed by atoms with Gasteiger partial charge in [0, 0.05) is 12.5 Å². The quantitative estimate of drug-likeness (QED) is 0.655. The van der Waals surface area contributed by atoms with E-state index in [1.165, 1.54) is 18.4 Å². The first-order chi connectivity index (χ1) is 14.3. The summed E-state index contributed by atoms with van der Waals surface area (Å²) in [7, 11) is 0. The molecular formula is C26H40O4. The van der Waals surface area contributed by atoms with Gasteiger partial charge in [0.25, 0.3) is 0 Å². The molecule has 30 heavy (non-hydrogen) atoms. The van der Waals surface area contributed by atoms with Crippen LogP contribution < -0.4 is 0 Å². The van der Waals surface area contributed by atoms with E-state index in [9.17, 15) is 9.90 Å². The maximum absolute atomic E-state index is 12.5. The highest BCUT2D eigenvalue weighted by molar-refractivity contribution is 5.79. The average Bonchev–Trinajstić information content (AvgIpc) is 3.07. The number of ketones is 1. The van der Waals surface area contributed by atoms with Crippen molar-refractivity contribution in [3.63, 3.8) is 0 Å². The molecule has 4 nitrogen and oxygen atoms in total. The smallest absolute Gasteiger partial charge is 0.158 e. The summed E-state index contributed by atoms with van der Waals surface area (Å²) in [6.07, 6.45) is 12.7. The number of ether oxygens (including phenoxy) is 2. The van der Waals surface area contributed by atoms with Crippen molar-refractivity contribution in [2.75, 3.05) is 6.61 Å². The van der Waals surface area contributed by atoms with E-state index in [4.69, 9.17) is 9.47 Å². The van der Waals surface area contributed by atoms with Crippen LogP contribution in [0.1, 0.15) is 85.0 Å². The summed E-state index contributed by atoms with van der Waals surface area (Å²) in [5, 5.41) is 10.4. The third-order valence-corrected chi connectivity index (χ3v) is 10.0. The number of fused-ring (bicyclic) bond motifs is 5. The highest BCUT2D eigenvalue weighted by Crippen LogP contribution is 2.66. The fraction of sp³-hybridized carbons (Fsp3) is 0.885. The van der Waals surface area contributed by atoms with Crippen LogP contribution in [0, 0.1) is 34.5 Å². The lowest BCUT2D eigenvalue weighted by molar-refractivity contribution is -0.212. The molecule has 0 aromatic rings. The third kappa shape index (κ3) is 3.24. The fourth-order valence-electron chi connectivity index (χ4n) is 8.40. The van der Waals surface area contributed by atoms with Gasteiger partial charge in [-0.2, -0.15) is 0 Å². The highest BCUT2D eigenvalue weighted by atomic mass is 16.7. The first-order valence-corrected chi connectivity index (χ1v) is 12.5. The Morgan fingerprint density at radius 2 is 1.93 bits per heavy atom. The molecule has 0 aromatic carbocycles. The van der Waals surface area contributed by atoms with Gasteiger partial charge in [-0.15, -0.1) is 0 Å². The van der Waals surface area contributed by atoms with Crippen LogP contribution >= 0.6 is 0 Å². The van der Waals surface area contributed by atoms with Gasteiger partial charge in [0.15, 0.2) is 6.29 Å². The standard InChI is InChI=1S/C26H40O4/c1-16(27)19-7-8-20-24-21(10-12-26(19,20)3)25(2)11-9-18(28)14-17(25)15-22(24)30-23-6-4-5-13-29-23/h15,18-24,28H,4-14H2,1-3H3/t18-,19+,20-,21-,22+,23?,24-,25-,26+/m0/s1. The molecule has 168 valence electrons. The zero-order valence-corrected chi connectivity index (χ0v) is 19.1. The van der Waals surface area contributed by atoms with Gasteiger partial charge < -0.3 is 14.6 Å². The summed E-state index contributed by atoms with van der Waals surface area (Å²) in [5.41, 5.74) is 1.71. The second-order valence-electron chi connectivity index (χ2n) is 11.5. The lowest BCUT2D eigenvalue weighted by Crippen LogP contribution is -2.56.